The van der Waals surface area contributed by atoms with Crippen LogP contribution in [-0.4, -0.2) is 27.9 Å². The van der Waals surface area contributed by atoms with E-state index in [2.05, 4.69) is 5.32 Å². The molecule has 0 aliphatic heterocycles. The molecule has 2 aromatic rings. The lowest BCUT2D eigenvalue weighted by atomic mass is 10.1. The predicted molar refractivity (Wildman–Crippen MR) is 80.2 cm³/mol. The van der Waals surface area contributed by atoms with Gasteiger partial charge in [-0.15, -0.1) is 0 Å². The van der Waals surface area contributed by atoms with E-state index in [1.54, 1.807) is 27.6 Å². The average molecular weight is 291 g/mol. The molecule has 21 heavy (non-hydrogen) atoms. The van der Waals surface area contributed by atoms with Gasteiger partial charge in [0.25, 0.3) is 0 Å². The Hall–Kier alpha value is -2.14. The molecule has 0 spiro atoms. The Morgan fingerprint density at radius 2 is 1.81 bits per heavy atom. The number of benzene rings is 1. The highest BCUT2D eigenvalue weighted by molar-refractivity contribution is 5.55. The van der Waals surface area contributed by atoms with Crippen LogP contribution in [0.25, 0.3) is 0 Å². The number of nitrogens with one attached hydrogen (secondary N) is 1. The van der Waals surface area contributed by atoms with Crippen LogP contribution >= 0.6 is 0 Å². The van der Waals surface area contributed by atoms with E-state index >= 15 is 0 Å². The summed E-state index contributed by atoms with van der Waals surface area (Å²) in [7, 11) is 4.86. The molecule has 0 saturated carbocycles. The van der Waals surface area contributed by atoms with E-state index < -0.39 is 0 Å². The lowest BCUT2D eigenvalue weighted by molar-refractivity contribution is 0.322. The van der Waals surface area contributed by atoms with E-state index in [1.807, 2.05) is 24.3 Å². The standard InChI is InChI=1S/C16H21NO4/c1-18-14-7-6-12(15(19-2)16(14)20-3)8-9-17-11-13-5-4-10-21-13/h4-7,10,17H,8-9,11H2,1-3H3. The van der Waals surface area contributed by atoms with Gasteiger partial charge in [0.1, 0.15) is 5.76 Å². The minimum Gasteiger partial charge on any atom is -0.493 e. The van der Waals surface area contributed by atoms with E-state index in [4.69, 9.17) is 18.6 Å². The fourth-order valence-electron chi connectivity index (χ4n) is 2.21. The summed E-state index contributed by atoms with van der Waals surface area (Å²) >= 11 is 0. The summed E-state index contributed by atoms with van der Waals surface area (Å²) in [6.07, 6.45) is 2.50. The van der Waals surface area contributed by atoms with Crippen LogP contribution in [0.5, 0.6) is 17.2 Å². The third-order valence-electron chi connectivity index (χ3n) is 3.24. The lowest BCUT2D eigenvalue weighted by Crippen LogP contribution is -2.16. The molecule has 5 heteroatoms. The van der Waals surface area contributed by atoms with Crippen molar-refractivity contribution in [3.8, 4) is 17.2 Å². The highest BCUT2D eigenvalue weighted by Gasteiger charge is 2.15. The second kappa shape index (κ2) is 7.59. The first-order valence-electron chi connectivity index (χ1n) is 6.81. The van der Waals surface area contributed by atoms with Crippen molar-refractivity contribution in [3.63, 3.8) is 0 Å². The van der Waals surface area contributed by atoms with E-state index in [-0.39, 0.29) is 0 Å². The largest absolute Gasteiger partial charge is 0.493 e. The Balaban J connectivity index is 1.99. The maximum atomic E-state index is 5.46. The maximum absolute atomic E-state index is 5.46. The highest BCUT2D eigenvalue weighted by Crippen LogP contribution is 2.39. The SMILES string of the molecule is COc1ccc(CCNCc2ccco2)c(OC)c1OC. The number of furan rings is 1. The zero-order valence-corrected chi connectivity index (χ0v) is 12.6. The van der Waals surface area contributed by atoms with E-state index in [0.29, 0.717) is 18.0 Å². The molecule has 2 rings (SSSR count). The second-order valence-electron chi connectivity index (χ2n) is 4.50. The fourth-order valence-corrected chi connectivity index (χ4v) is 2.21. The first-order chi connectivity index (χ1) is 10.3. The fraction of sp³-hybridized carbons (Fsp3) is 0.375. The molecule has 0 amide bonds. The number of hydrogen-bond acceptors (Lipinski definition) is 5. The summed E-state index contributed by atoms with van der Waals surface area (Å²) in [5.41, 5.74) is 1.07. The van der Waals surface area contributed by atoms with Gasteiger partial charge in [0.15, 0.2) is 11.5 Å². The first-order valence-corrected chi connectivity index (χ1v) is 6.81. The number of rotatable bonds is 8. The summed E-state index contributed by atoms with van der Waals surface area (Å²) in [6, 6.07) is 7.72. The number of ether oxygens (including phenoxy) is 3. The maximum Gasteiger partial charge on any atom is 0.203 e. The van der Waals surface area contributed by atoms with Gasteiger partial charge in [-0.1, -0.05) is 6.07 Å². The summed E-state index contributed by atoms with van der Waals surface area (Å²) in [5.74, 6) is 2.94. The van der Waals surface area contributed by atoms with Crippen LogP contribution in [0, 0.1) is 0 Å². The van der Waals surface area contributed by atoms with Crippen molar-refractivity contribution in [1.29, 1.82) is 0 Å². The van der Waals surface area contributed by atoms with E-state index in [9.17, 15) is 0 Å². The van der Waals surface area contributed by atoms with Crippen LogP contribution in [0.15, 0.2) is 34.9 Å². The summed E-state index contributed by atoms with van der Waals surface area (Å²) in [5, 5.41) is 3.33. The van der Waals surface area contributed by atoms with Crippen LogP contribution in [0.1, 0.15) is 11.3 Å². The lowest BCUT2D eigenvalue weighted by Gasteiger charge is -2.15. The average Bonchev–Trinajstić information content (AvgIpc) is 3.03. The van der Waals surface area contributed by atoms with Gasteiger partial charge in [0, 0.05) is 0 Å². The topological polar surface area (TPSA) is 52.9 Å². The highest BCUT2D eigenvalue weighted by atomic mass is 16.5. The van der Waals surface area contributed by atoms with Crippen LogP contribution < -0.4 is 19.5 Å². The molecule has 0 saturated heterocycles. The van der Waals surface area contributed by atoms with Crippen molar-refractivity contribution in [1.82, 2.24) is 5.32 Å². The Bertz CT molecular complexity index is 552. The Labute approximate surface area is 124 Å². The number of methoxy groups -OCH3 is 3. The minimum atomic E-state index is 0.628. The van der Waals surface area contributed by atoms with Gasteiger partial charge in [0.05, 0.1) is 34.1 Å². The molecule has 114 valence electrons. The van der Waals surface area contributed by atoms with Crippen LogP contribution in [-0.2, 0) is 13.0 Å². The second-order valence-corrected chi connectivity index (χ2v) is 4.50. The van der Waals surface area contributed by atoms with Gasteiger partial charge < -0.3 is 23.9 Å². The summed E-state index contributed by atoms with van der Waals surface area (Å²) < 4.78 is 21.4. The van der Waals surface area contributed by atoms with E-state index in [1.165, 1.54) is 0 Å². The Kier molecular flexibility index (Phi) is 5.51. The minimum absolute atomic E-state index is 0.628. The van der Waals surface area contributed by atoms with Gasteiger partial charge in [-0.25, -0.2) is 0 Å². The van der Waals surface area contributed by atoms with Crippen molar-refractivity contribution in [3.05, 3.63) is 41.9 Å². The molecule has 0 radical (unpaired) electrons. The summed E-state index contributed by atoms with van der Waals surface area (Å²) in [6.45, 7) is 1.52. The van der Waals surface area contributed by atoms with Crippen LogP contribution in [0.3, 0.4) is 0 Å². The number of hydrogen-bond donors (Lipinski definition) is 1. The van der Waals surface area contributed by atoms with Gasteiger partial charge in [-0.3, -0.25) is 0 Å². The third kappa shape index (κ3) is 3.70. The molecule has 0 fully saturated rings. The van der Waals surface area contributed by atoms with Crippen molar-refractivity contribution >= 4 is 0 Å². The van der Waals surface area contributed by atoms with Crippen LogP contribution in [0.2, 0.25) is 0 Å². The van der Waals surface area contributed by atoms with E-state index in [0.717, 1.165) is 30.0 Å². The molecular weight excluding hydrogens is 270 g/mol. The quantitative estimate of drug-likeness (QED) is 0.758. The molecule has 1 aromatic heterocycles. The monoisotopic (exact) mass is 291 g/mol. The molecule has 0 unspecified atom stereocenters. The zero-order chi connectivity index (χ0) is 15.1. The molecule has 5 nitrogen and oxygen atoms in total. The molecule has 0 aliphatic rings. The molecule has 1 aromatic carbocycles. The first kappa shape index (κ1) is 15.3. The smallest absolute Gasteiger partial charge is 0.203 e. The van der Waals surface area contributed by atoms with Gasteiger partial charge in [0.2, 0.25) is 5.75 Å². The molecular formula is C16H21NO4. The van der Waals surface area contributed by atoms with Crippen molar-refractivity contribution < 1.29 is 18.6 Å². The molecule has 0 aliphatic carbocycles. The van der Waals surface area contributed by atoms with Crippen molar-refractivity contribution in [2.24, 2.45) is 0 Å². The van der Waals surface area contributed by atoms with Gasteiger partial charge in [-0.05, 0) is 36.7 Å². The van der Waals surface area contributed by atoms with Crippen molar-refractivity contribution in [2.75, 3.05) is 27.9 Å². The molecule has 1 N–H and O–H groups in total. The molecule has 0 atom stereocenters. The predicted octanol–water partition coefficient (Wildman–Crippen LogP) is 2.64. The van der Waals surface area contributed by atoms with Gasteiger partial charge >= 0.3 is 0 Å². The Morgan fingerprint density at radius 3 is 2.43 bits per heavy atom. The molecule has 0 bridgehead atoms. The molecule has 1 heterocycles. The van der Waals surface area contributed by atoms with Crippen LogP contribution in [0.4, 0.5) is 0 Å². The third-order valence-corrected chi connectivity index (χ3v) is 3.24. The normalized spacial score (nSPS) is 10.4. The summed E-state index contributed by atoms with van der Waals surface area (Å²) in [4.78, 5) is 0. The Morgan fingerprint density at radius 1 is 1.00 bits per heavy atom. The van der Waals surface area contributed by atoms with Gasteiger partial charge in [-0.2, -0.15) is 0 Å². The zero-order valence-electron chi connectivity index (χ0n) is 12.6. The van der Waals surface area contributed by atoms with Crippen molar-refractivity contribution in [2.45, 2.75) is 13.0 Å².